The van der Waals surface area contributed by atoms with Crippen molar-refractivity contribution in [3.8, 4) is 11.7 Å². The van der Waals surface area contributed by atoms with Crippen LogP contribution in [0.15, 0.2) is 71.9 Å². The number of rotatable bonds is 15. The first-order valence-electron chi connectivity index (χ1n) is 18.5. The van der Waals surface area contributed by atoms with Crippen molar-refractivity contribution in [1.29, 1.82) is 0 Å². The SMILES string of the molecule is COC(=O)c1ccc(C(CC[C@@H]2CN(C(=O)C(F)(F)F)C(C)(C)C2)Nc2cccc(SNC(=O)c3ccc(-n4ccc(OCCC5(C(F)(F)F)CC5)n4)nc3Cl)n2)cc1. The fourth-order valence-corrected chi connectivity index (χ4v) is 7.91. The van der Waals surface area contributed by atoms with Crippen molar-refractivity contribution < 1.29 is 50.2 Å². The average molecular weight is 868 g/mol. The summed E-state index contributed by atoms with van der Waals surface area (Å²) in [4.78, 5) is 47.1. The van der Waals surface area contributed by atoms with Gasteiger partial charge < -0.3 is 19.7 Å². The molecule has 4 aromatic rings. The smallest absolute Gasteiger partial charge is 0.471 e. The van der Waals surface area contributed by atoms with Gasteiger partial charge in [0.05, 0.1) is 36.3 Å². The van der Waals surface area contributed by atoms with Crippen LogP contribution < -0.4 is 14.8 Å². The lowest BCUT2D eigenvalue weighted by atomic mass is 9.90. The molecule has 2 aliphatic rings. The molecule has 4 heterocycles. The molecule has 2 fully saturated rings. The van der Waals surface area contributed by atoms with Crippen LogP contribution in [-0.2, 0) is 9.53 Å². The van der Waals surface area contributed by atoms with Gasteiger partial charge in [-0.15, -0.1) is 5.10 Å². The topological polar surface area (TPSA) is 141 Å². The largest absolute Gasteiger partial charge is 0.477 e. The van der Waals surface area contributed by atoms with Crippen LogP contribution in [-0.4, -0.2) is 80.6 Å². The normalized spacial score (nSPS) is 17.6. The monoisotopic (exact) mass is 867 g/mol. The predicted octanol–water partition coefficient (Wildman–Crippen LogP) is 8.77. The number of nitrogens with one attached hydrogen (secondary N) is 2. The minimum atomic E-state index is -4.98. The molecule has 1 saturated heterocycles. The number of anilines is 1. The number of carbonyl (C=O) groups is 3. The van der Waals surface area contributed by atoms with Crippen molar-refractivity contribution in [1.82, 2.24) is 29.4 Å². The highest BCUT2D eigenvalue weighted by Crippen LogP contribution is 2.59. The third kappa shape index (κ3) is 10.4. The Labute approximate surface area is 344 Å². The molecular weight excluding hydrogens is 828 g/mol. The zero-order chi connectivity index (χ0) is 42.8. The van der Waals surface area contributed by atoms with E-state index in [1.165, 1.54) is 36.2 Å². The highest BCUT2D eigenvalue weighted by molar-refractivity contribution is 7.97. The Morgan fingerprint density at radius 3 is 2.37 bits per heavy atom. The molecule has 1 aliphatic carbocycles. The molecule has 20 heteroatoms. The summed E-state index contributed by atoms with van der Waals surface area (Å²) in [5, 5.41) is 7.83. The lowest BCUT2D eigenvalue weighted by Gasteiger charge is -2.31. The van der Waals surface area contributed by atoms with Crippen LogP contribution in [0.5, 0.6) is 5.88 Å². The summed E-state index contributed by atoms with van der Waals surface area (Å²) in [6, 6.07) is 15.8. The van der Waals surface area contributed by atoms with Gasteiger partial charge in [0.2, 0.25) is 5.88 Å². The second-order valence-corrected chi connectivity index (χ2v) is 16.2. The van der Waals surface area contributed by atoms with Gasteiger partial charge in [-0.2, -0.15) is 26.3 Å². The Hall–Kier alpha value is -5.04. The summed E-state index contributed by atoms with van der Waals surface area (Å²) in [5.74, 6) is -2.39. The van der Waals surface area contributed by atoms with Crippen molar-refractivity contribution in [3.63, 3.8) is 0 Å². The number of aromatic nitrogens is 4. The van der Waals surface area contributed by atoms with Gasteiger partial charge in [-0.3, -0.25) is 14.3 Å². The van der Waals surface area contributed by atoms with Crippen molar-refractivity contribution in [2.75, 3.05) is 25.6 Å². The first-order valence-corrected chi connectivity index (χ1v) is 19.7. The van der Waals surface area contributed by atoms with Crippen LogP contribution in [0.4, 0.5) is 32.2 Å². The molecular formula is C39H40ClF6N7O5S. The maximum atomic E-state index is 13.3. The number of carbonyl (C=O) groups excluding carboxylic acids is 3. The lowest BCUT2D eigenvalue weighted by molar-refractivity contribution is -0.190. The minimum absolute atomic E-state index is 0.0394. The number of halogens is 7. The number of benzene rings is 1. The van der Waals surface area contributed by atoms with Crippen LogP contribution >= 0.6 is 23.5 Å². The van der Waals surface area contributed by atoms with E-state index in [4.69, 9.17) is 21.1 Å². The Morgan fingerprint density at radius 1 is 1.00 bits per heavy atom. The van der Waals surface area contributed by atoms with Gasteiger partial charge >= 0.3 is 24.2 Å². The Balaban J connectivity index is 1.08. The van der Waals surface area contributed by atoms with Crippen molar-refractivity contribution in [2.24, 2.45) is 11.3 Å². The van der Waals surface area contributed by atoms with E-state index in [-0.39, 0.29) is 60.7 Å². The van der Waals surface area contributed by atoms with E-state index in [1.807, 2.05) is 0 Å². The molecule has 0 radical (unpaired) electrons. The van der Waals surface area contributed by atoms with E-state index in [1.54, 1.807) is 56.3 Å². The molecule has 6 rings (SSSR count). The molecule has 2 N–H and O–H groups in total. The first-order chi connectivity index (χ1) is 27.8. The highest BCUT2D eigenvalue weighted by atomic mass is 35.5. The summed E-state index contributed by atoms with van der Waals surface area (Å²) >= 11 is 7.29. The Morgan fingerprint density at radius 2 is 1.73 bits per heavy atom. The molecule has 3 aromatic heterocycles. The number of amides is 2. The van der Waals surface area contributed by atoms with Gasteiger partial charge in [0.15, 0.2) is 5.82 Å². The van der Waals surface area contributed by atoms with Crippen LogP contribution in [0.3, 0.4) is 0 Å². The van der Waals surface area contributed by atoms with Gasteiger partial charge in [0, 0.05) is 36.3 Å². The number of pyridine rings is 2. The van der Waals surface area contributed by atoms with E-state index in [2.05, 4.69) is 25.1 Å². The van der Waals surface area contributed by atoms with E-state index in [9.17, 15) is 40.7 Å². The number of nitrogens with zero attached hydrogens (tertiary/aromatic N) is 5. The number of likely N-dealkylation sites (tertiary alicyclic amines) is 1. The third-order valence-corrected chi connectivity index (χ3v) is 11.5. The van der Waals surface area contributed by atoms with Crippen molar-refractivity contribution >= 4 is 47.2 Å². The quantitative estimate of drug-likeness (QED) is 0.0516. The molecule has 316 valence electrons. The number of esters is 1. The molecule has 59 heavy (non-hydrogen) atoms. The van der Waals surface area contributed by atoms with Gasteiger partial charge in [-0.25, -0.2) is 19.4 Å². The molecule has 1 aliphatic heterocycles. The van der Waals surface area contributed by atoms with Crippen LogP contribution in [0.1, 0.15) is 84.7 Å². The molecule has 0 bridgehead atoms. The number of hydrogen-bond acceptors (Lipinski definition) is 10. The number of ether oxygens (including phenoxy) is 2. The molecule has 1 saturated carbocycles. The second-order valence-electron chi connectivity index (χ2n) is 15.1. The van der Waals surface area contributed by atoms with Crippen LogP contribution in [0.25, 0.3) is 5.82 Å². The number of alkyl halides is 6. The van der Waals surface area contributed by atoms with E-state index in [0.29, 0.717) is 35.7 Å². The maximum absolute atomic E-state index is 13.3. The Bertz CT molecular complexity index is 2160. The second kappa shape index (κ2) is 17.3. The van der Waals surface area contributed by atoms with Crippen molar-refractivity contribution in [2.45, 2.75) is 81.3 Å². The number of methoxy groups -OCH3 is 1. The van der Waals surface area contributed by atoms with Gasteiger partial charge in [-0.05, 0) is 100 Å². The average Bonchev–Trinajstić information content (AvgIpc) is 3.74. The van der Waals surface area contributed by atoms with E-state index >= 15 is 0 Å². The third-order valence-electron chi connectivity index (χ3n) is 10.5. The molecule has 2 atom stereocenters. The fraction of sp³-hybridized carbons (Fsp3) is 0.436. The van der Waals surface area contributed by atoms with Gasteiger partial charge in [0.1, 0.15) is 16.0 Å². The molecule has 12 nitrogen and oxygen atoms in total. The van der Waals surface area contributed by atoms with Crippen LogP contribution in [0.2, 0.25) is 5.15 Å². The Kier molecular flexibility index (Phi) is 12.8. The molecule has 2 amide bonds. The van der Waals surface area contributed by atoms with E-state index in [0.717, 1.165) is 22.4 Å². The van der Waals surface area contributed by atoms with Gasteiger partial charge in [0.25, 0.3) is 5.91 Å². The molecule has 0 spiro atoms. The summed E-state index contributed by atoms with van der Waals surface area (Å²) in [7, 11) is 1.27. The zero-order valence-electron chi connectivity index (χ0n) is 32.0. The molecule has 1 aromatic carbocycles. The summed E-state index contributed by atoms with van der Waals surface area (Å²) in [5.41, 5.74) is -1.52. The maximum Gasteiger partial charge on any atom is 0.471 e. The number of hydrogen-bond donors (Lipinski definition) is 2. The summed E-state index contributed by atoms with van der Waals surface area (Å²) < 4.78 is 93.9. The van der Waals surface area contributed by atoms with Crippen molar-refractivity contribution in [3.05, 3.63) is 88.7 Å². The zero-order valence-corrected chi connectivity index (χ0v) is 33.6. The standard InChI is InChI=1S/C39H40ClF6N7O5S/c1-36(2)21-23(22-52(36)35(56)38(41,42)43)7-13-27(24-8-10-25(11-9-24)34(55)57-3)47-28-5-4-6-31(48-28)59-51-33(54)26-12-14-29(49-32(26)40)53-19-15-30(50-53)58-20-18-37(16-17-37)39(44,45)46/h4-6,8-12,14-15,19,23,27H,7,13,16-18,20-22H2,1-3H3,(H,47,48)(H,51,54)/t23-,27?/m0/s1. The lowest BCUT2D eigenvalue weighted by Crippen LogP contribution is -2.48. The first kappa shape index (κ1) is 43.5. The summed E-state index contributed by atoms with van der Waals surface area (Å²) in [6.45, 7) is 3.05. The summed E-state index contributed by atoms with van der Waals surface area (Å²) in [6.07, 6.45) is -6.45. The predicted molar refractivity (Wildman–Crippen MR) is 205 cm³/mol. The van der Waals surface area contributed by atoms with Gasteiger partial charge in [-0.1, -0.05) is 29.8 Å². The minimum Gasteiger partial charge on any atom is -0.477 e. The van der Waals surface area contributed by atoms with Crippen LogP contribution in [0, 0.1) is 11.3 Å². The molecule has 1 unspecified atom stereocenters. The fourth-order valence-electron chi connectivity index (χ4n) is 7.08. The van der Waals surface area contributed by atoms with E-state index < -0.39 is 47.1 Å². The highest BCUT2D eigenvalue weighted by Gasteiger charge is 2.62.